The van der Waals surface area contributed by atoms with E-state index in [0.717, 1.165) is 25.9 Å². The van der Waals surface area contributed by atoms with E-state index in [4.69, 9.17) is 11.6 Å². The smallest absolute Gasteiger partial charge is 0.226 e. The number of aromatic nitrogens is 4. The van der Waals surface area contributed by atoms with Gasteiger partial charge in [0.25, 0.3) is 0 Å². The number of rotatable bonds is 3. The third-order valence-electron chi connectivity index (χ3n) is 4.19. The van der Waals surface area contributed by atoms with Gasteiger partial charge >= 0.3 is 0 Å². The van der Waals surface area contributed by atoms with Crippen molar-refractivity contribution in [3.8, 4) is 0 Å². The Balaban J connectivity index is 1.71. The van der Waals surface area contributed by atoms with E-state index in [0.29, 0.717) is 28.5 Å². The quantitative estimate of drug-likeness (QED) is 0.764. The largest absolute Gasteiger partial charge is 0.341 e. The summed E-state index contributed by atoms with van der Waals surface area (Å²) >= 11 is 5.85. The van der Waals surface area contributed by atoms with Crippen molar-refractivity contribution in [3.05, 3.63) is 41.6 Å². The minimum absolute atomic E-state index is 0.0481. The lowest BCUT2D eigenvalue weighted by Gasteiger charge is -2.26. The molecule has 0 amide bonds. The highest BCUT2D eigenvalue weighted by molar-refractivity contribution is 6.31. The molecule has 1 N–H and O–H groups in total. The second-order valence-electron chi connectivity index (χ2n) is 5.93. The molecule has 1 aliphatic rings. The van der Waals surface area contributed by atoms with Crippen LogP contribution in [0.4, 0.5) is 21.8 Å². The lowest BCUT2D eigenvalue weighted by Crippen LogP contribution is -2.31. The molecule has 0 saturated carbocycles. The van der Waals surface area contributed by atoms with Gasteiger partial charge in [-0.1, -0.05) is 11.6 Å². The first-order chi connectivity index (χ1) is 12.2. The van der Waals surface area contributed by atoms with E-state index in [1.807, 2.05) is 0 Å². The number of hydrogen-bond acceptors (Lipinski definition) is 6. The molecule has 3 aromatic rings. The fourth-order valence-corrected chi connectivity index (χ4v) is 3.07. The van der Waals surface area contributed by atoms with Crippen molar-refractivity contribution < 1.29 is 4.39 Å². The van der Waals surface area contributed by atoms with Crippen LogP contribution in [0.15, 0.2) is 30.7 Å². The average Bonchev–Trinajstić information content (AvgIpc) is 2.65. The number of benzene rings is 1. The van der Waals surface area contributed by atoms with Gasteiger partial charge in [0.15, 0.2) is 5.82 Å². The second-order valence-corrected chi connectivity index (χ2v) is 6.33. The Kier molecular flexibility index (Phi) is 4.31. The molecule has 1 fully saturated rings. The zero-order valence-electron chi connectivity index (χ0n) is 13.4. The summed E-state index contributed by atoms with van der Waals surface area (Å²) in [4.78, 5) is 19.8. The van der Waals surface area contributed by atoms with Crippen LogP contribution in [-0.4, -0.2) is 33.0 Å². The third-order valence-corrected chi connectivity index (χ3v) is 4.48. The number of hydrogen-bond donors (Lipinski definition) is 1. The molecule has 128 valence electrons. The minimum Gasteiger partial charge on any atom is -0.341 e. The Labute approximate surface area is 149 Å². The van der Waals surface area contributed by atoms with Crippen LogP contribution >= 0.6 is 11.6 Å². The van der Waals surface area contributed by atoms with Crippen molar-refractivity contribution in [1.82, 2.24) is 19.9 Å². The third kappa shape index (κ3) is 3.32. The molecular weight excluding hydrogens is 343 g/mol. The molecule has 1 aromatic carbocycles. The number of halogens is 2. The normalized spacial score (nSPS) is 14.7. The molecule has 0 atom stereocenters. The molecule has 8 heteroatoms. The lowest BCUT2D eigenvalue weighted by molar-refractivity contribution is 0.569. The van der Waals surface area contributed by atoms with Crippen LogP contribution in [0.25, 0.3) is 11.0 Å². The van der Waals surface area contributed by atoms with Crippen molar-refractivity contribution >= 4 is 40.1 Å². The second kappa shape index (κ2) is 6.76. The van der Waals surface area contributed by atoms with Crippen LogP contribution in [0, 0.1) is 5.82 Å². The summed E-state index contributed by atoms with van der Waals surface area (Å²) in [6.07, 6.45) is 6.68. The number of fused-ring (bicyclic) bond motifs is 1. The summed E-state index contributed by atoms with van der Waals surface area (Å²) in [5.41, 5.74) is 1.90. The topological polar surface area (TPSA) is 66.8 Å². The van der Waals surface area contributed by atoms with Gasteiger partial charge in [0.2, 0.25) is 5.95 Å². The summed E-state index contributed by atoms with van der Waals surface area (Å²) < 4.78 is 13.3. The van der Waals surface area contributed by atoms with Crippen LogP contribution in [0.2, 0.25) is 5.02 Å². The summed E-state index contributed by atoms with van der Waals surface area (Å²) in [5, 5.41) is 3.18. The van der Waals surface area contributed by atoms with E-state index in [1.54, 1.807) is 12.3 Å². The molecular formula is C17H16ClFN6. The first-order valence-corrected chi connectivity index (χ1v) is 8.53. The Morgan fingerprint density at radius 1 is 1.08 bits per heavy atom. The highest BCUT2D eigenvalue weighted by Gasteiger charge is 2.15. The number of nitrogens with one attached hydrogen (secondary N) is 1. The van der Waals surface area contributed by atoms with Gasteiger partial charge in [0.05, 0.1) is 11.2 Å². The summed E-state index contributed by atoms with van der Waals surface area (Å²) in [5.74, 6) is 0.755. The van der Waals surface area contributed by atoms with E-state index in [2.05, 4.69) is 30.2 Å². The highest BCUT2D eigenvalue weighted by atomic mass is 35.5. The monoisotopic (exact) mass is 358 g/mol. The van der Waals surface area contributed by atoms with Crippen molar-refractivity contribution in [3.63, 3.8) is 0 Å². The van der Waals surface area contributed by atoms with Gasteiger partial charge in [0, 0.05) is 18.8 Å². The van der Waals surface area contributed by atoms with Gasteiger partial charge < -0.3 is 10.2 Å². The molecule has 25 heavy (non-hydrogen) atoms. The first-order valence-electron chi connectivity index (χ1n) is 8.15. The van der Waals surface area contributed by atoms with E-state index in [-0.39, 0.29) is 5.02 Å². The number of piperidine rings is 1. The Morgan fingerprint density at radius 3 is 2.72 bits per heavy atom. The maximum Gasteiger partial charge on any atom is 0.226 e. The maximum atomic E-state index is 13.3. The van der Waals surface area contributed by atoms with Gasteiger partial charge in [-0.05, 0) is 37.5 Å². The van der Waals surface area contributed by atoms with Gasteiger partial charge in [-0.2, -0.15) is 0 Å². The first kappa shape index (κ1) is 16.0. The zero-order chi connectivity index (χ0) is 17.2. The van der Waals surface area contributed by atoms with E-state index >= 15 is 0 Å². The predicted molar refractivity (Wildman–Crippen MR) is 95.9 cm³/mol. The summed E-state index contributed by atoms with van der Waals surface area (Å²) in [6.45, 7) is 1.91. The zero-order valence-corrected chi connectivity index (χ0v) is 14.2. The molecule has 0 bridgehead atoms. The Morgan fingerprint density at radius 2 is 1.92 bits per heavy atom. The molecule has 6 nitrogen and oxygen atoms in total. The fraction of sp³-hybridized carbons (Fsp3) is 0.294. The molecule has 2 aromatic heterocycles. The van der Waals surface area contributed by atoms with Gasteiger partial charge in [-0.3, -0.25) is 0 Å². The summed E-state index contributed by atoms with van der Waals surface area (Å²) in [6, 6.07) is 4.42. The standard InChI is InChI=1S/C17H16ClFN6/c18-12-8-11(4-5-13(12)19)23-16-15-14(21-10-22-16)9-20-17(24-15)25-6-2-1-3-7-25/h4-5,8-10H,1-3,6-7H2,(H,21,22,23). The van der Waals surface area contributed by atoms with E-state index < -0.39 is 5.82 Å². The fourth-order valence-electron chi connectivity index (χ4n) is 2.89. The van der Waals surface area contributed by atoms with Crippen molar-refractivity contribution in [2.24, 2.45) is 0 Å². The van der Waals surface area contributed by atoms with Gasteiger partial charge in [-0.25, -0.2) is 24.3 Å². The van der Waals surface area contributed by atoms with Crippen LogP contribution in [0.5, 0.6) is 0 Å². The van der Waals surface area contributed by atoms with Crippen molar-refractivity contribution in [2.45, 2.75) is 19.3 Å². The molecule has 4 rings (SSSR count). The van der Waals surface area contributed by atoms with Crippen LogP contribution in [0.3, 0.4) is 0 Å². The van der Waals surface area contributed by atoms with Crippen LogP contribution in [-0.2, 0) is 0 Å². The van der Waals surface area contributed by atoms with E-state index in [9.17, 15) is 4.39 Å². The highest BCUT2D eigenvalue weighted by Crippen LogP contribution is 2.26. The Hall–Kier alpha value is -2.54. The molecule has 1 saturated heterocycles. The number of anilines is 3. The van der Waals surface area contributed by atoms with Crippen LogP contribution < -0.4 is 10.2 Å². The lowest BCUT2D eigenvalue weighted by atomic mass is 10.1. The average molecular weight is 359 g/mol. The number of nitrogens with zero attached hydrogens (tertiary/aromatic N) is 5. The van der Waals surface area contributed by atoms with Crippen molar-refractivity contribution in [1.29, 1.82) is 0 Å². The molecule has 0 spiro atoms. The molecule has 0 aliphatic carbocycles. The predicted octanol–water partition coefficient (Wildman–Crippen LogP) is 3.95. The summed E-state index contributed by atoms with van der Waals surface area (Å²) in [7, 11) is 0. The Bertz CT molecular complexity index is 913. The minimum atomic E-state index is -0.463. The molecule has 3 heterocycles. The van der Waals surface area contributed by atoms with Crippen molar-refractivity contribution in [2.75, 3.05) is 23.3 Å². The SMILES string of the molecule is Fc1ccc(Nc2ncnc3cnc(N4CCCCC4)nc23)cc1Cl. The molecule has 1 aliphatic heterocycles. The molecule has 0 unspecified atom stereocenters. The van der Waals surface area contributed by atoms with E-state index in [1.165, 1.54) is 24.9 Å². The van der Waals surface area contributed by atoms with Crippen LogP contribution in [0.1, 0.15) is 19.3 Å². The maximum absolute atomic E-state index is 13.3. The van der Waals surface area contributed by atoms with Gasteiger partial charge in [-0.15, -0.1) is 0 Å². The molecule has 0 radical (unpaired) electrons. The van der Waals surface area contributed by atoms with Gasteiger partial charge in [0.1, 0.15) is 23.2 Å².